The summed E-state index contributed by atoms with van der Waals surface area (Å²) in [5, 5.41) is 2.94. The highest BCUT2D eigenvalue weighted by atomic mass is 16.2. The molecule has 0 aliphatic carbocycles. The van der Waals surface area contributed by atoms with E-state index in [1.165, 1.54) is 0 Å². The molecule has 0 aromatic heterocycles. The predicted molar refractivity (Wildman–Crippen MR) is 49.7 cm³/mol. The van der Waals surface area contributed by atoms with Crippen molar-refractivity contribution in [2.75, 3.05) is 6.54 Å². The van der Waals surface area contributed by atoms with Gasteiger partial charge in [-0.1, -0.05) is 27.7 Å². The number of hydrogen-bond donors (Lipinski definition) is 1. The van der Waals surface area contributed by atoms with Gasteiger partial charge in [0.1, 0.15) is 0 Å². The lowest BCUT2D eigenvalue weighted by atomic mass is 9.79. The molecule has 70 valence electrons. The molecule has 0 spiro atoms. The summed E-state index contributed by atoms with van der Waals surface area (Å²) in [6, 6.07) is 0. The van der Waals surface area contributed by atoms with Gasteiger partial charge < -0.3 is 5.32 Å². The molecule has 1 rings (SSSR count). The second-order valence-electron chi connectivity index (χ2n) is 4.42. The van der Waals surface area contributed by atoms with E-state index >= 15 is 0 Å². The fourth-order valence-corrected chi connectivity index (χ4v) is 2.11. The average Bonchev–Trinajstić information content (AvgIpc) is 2.30. The SMILES string of the molecule is CC(C)C1CNC(=O)C1C(C)C. The van der Waals surface area contributed by atoms with Crippen LogP contribution in [0.25, 0.3) is 0 Å². The molecule has 0 aromatic rings. The van der Waals surface area contributed by atoms with E-state index in [0.29, 0.717) is 17.8 Å². The van der Waals surface area contributed by atoms with Crippen LogP contribution in [-0.2, 0) is 4.79 Å². The standard InChI is InChI=1S/C10H19NO/c1-6(2)8-5-11-10(12)9(8)7(3)4/h6-9H,5H2,1-4H3,(H,11,12). The lowest BCUT2D eigenvalue weighted by Gasteiger charge is -2.22. The molecule has 2 heteroatoms. The highest BCUT2D eigenvalue weighted by Gasteiger charge is 2.37. The van der Waals surface area contributed by atoms with Crippen molar-refractivity contribution in [3.05, 3.63) is 0 Å². The topological polar surface area (TPSA) is 29.1 Å². The van der Waals surface area contributed by atoms with Crippen molar-refractivity contribution in [2.45, 2.75) is 27.7 Å². The van der Waals surface area contributed by atoms with E-state index in [1.807, 2.05) is 0 Å². The number of nitrogens with one attached hydrogen (secondary N) is 1. The van der Waals surface area contributed by atoms with Crippen molar-refractivity contribution in [1.82, 2.24) is 5.32 Å². The van der Waals surface area contributed by atoms with Crippen molar-refractivity contribution < 1.29 is 4.79 Å². The summed E-state index contributed by atoms with van der Waals surface area (Å²) in [5.74, 6) is 2.11. The van der Waals surface area contributed by atoms with Crippen LogP contribution in [0.1, 0.15) is 27.7 Å². The predicted octanol–water partition coefficient (Wildman–Crippen LogP) is 1.66. The first kappa shape index (κ1) is 9.56. The smallest absolute Gasteiger partial charge is 0.223 e. The molecular weight excluding hydrogens is 150 g/mol. The first-order valence-corrected chi connectivity index (χ1v) is 4.81. The molecule has 0 aromatic carbocycles. The van der Waals surface area contributed by atoms with Crippen LogP contribution < -0.4 is 5.32 Å². The Bertz CT molecular complexity index is 175. The summed E-state index contributed by atoms with van der Waals surface area (Å²) in [5.41, 5.74) is 0. The zero-order valence-corrected chi connectivity index (χ0v) is 8.42. The molecular formula is C10H19NO. The Kier molecular flexibility index (Phi) is 2.76. The quantitative estimate of drug-likeness (QED) is 0.669. The normalized spacial score (nSPS) is 30.0. The summed E-state index contributed by atoms with van der Waals surface area (Å²) < 4.78 is 0. The van der Waals surface area contributed by atoms with Crippen LogP contribution in [0.2, 0.25) is 0 Å². The minimum Gasteiger partial charge on any atom is -0.356 e. The molecule has 2 atom stereocenters. The zero-order chi connectivity index (χ0) is 9.30. The largest absolute Gasteiger partial charge is 0.356 e. The summed E-state index contributed by atoms with van der Waals surface area (Å²) in [7, 11) is 0. The molecule has 1 fully saturated rings. The van der Waals surface area contributed by atoms with Crippen LogP contribution in [-0.4, -0.2) is 12.5 Å². The van der Waals surface area contributed by atoms with Crippen LogP contribution in [0.3, 0.4) is 0 Å². The second kappa shape index (κ2) is 3.46. The molecule has 0 saturated carbocycles. The minimum absolute atomic E-state index is 0.241. The Hall–Kier alpha value is -0.530. The van der Waals surface area contributed by atoms with E-state index in [-0.39, 0.29) is 11.8 Å². The molecule has 2 unspecified atom stereocenters. The molecule has 1 saturated heterocycles. The van der Waals surface area contributed by atoms with Gasteiger partial charge in [-0.2, -0.15) is 0 Å². The first-order valence-electron chi connectivity index (χ1n) is 4.81. The first-order chi connectivity index (χ1) is 5.54. The number of amides is 1. The van der Waals surface area contributed by atoms with Crippen molar-refractivity contribution in [3.63, 3.8) is 0 Å². The summed E-state index contributed by atoms with van der Waals surface area (Å²) in [4.78, 5) is 11.4. The van der Waals surface area contributed by atoms with Crippen LogP contribution in [0.15, 0.2) is 0 Å². The van der Waals surface area contributed by atoms with Gasteiger partial charge in [0.2, 0.25) is 5.91 Å². The molecule has 1 N–H and O–H groups in total. The molecule has 0 radical (unpaired) electrons. The van der Waals surface area contributed by atoms with E-state index in [4.69, 9.17) is 0 Å². The monoisotopic (exact) mass is 169 g/mol. The van der Waals surface area contributed by atoms with Gasteiger partial charge in [0.15, 0.2) is 0 Å². The van der Waals surface area contributed by atoms with E-state index < -0.39 is 0 Å². The molecule has 12 heavy (non-hydrogen) atoms. The van der Waals surface area contributed by atoms with E-state index in [1.54, 1.807) is 0 Å². The Morgan fingerprint density at radius 2 is 1.83 bits per heavy atom. The van der Waals surface area contributed by atoms with Crippen molar-refractivity contribution in [2.24, 2.45) is 23.7 Å². The van der Waals surface area contributed by atoms with Crippen molar-refractivity contribution >= 4 is 5.91 Å². The molecule has 0 bridgehead atoms. The Balaban J connectivity index is 2.70. The van der Waals surface area contributed by atoms with Gasteiger partial charge in [-0.05, 0) is 17.8 Å². The lowest BCUT2D eigenvalue weighted by Crippen LogP contribution is -2.26. The van der Waals surface area contributed by atoms with Crippen molar-refractivity contribution in [1.29, 1.82) is 0 Å². The van der Waals surface area contributed by atoms with Gasteiger partial charge in [-0.3, -0.25) is 4.79 Å². The van der Waals surface area contributed by atoms with Crippen LogP contribution in [0.5, 0.6) is 0 Å². The highest BCUT2D eigenvalue weighted by Crippen LogP contribution is 2.30. The molecule has 1 amide bonds. The van der Waals surface area contributed by atoms with Gasteiger partial charge in [-0.25, -0.2) is 0 Å². The van der Waals surface area contributed by atoms with E-state index in [9.17, 15) is 4.79 Å². The van der Waals surface area contributed by atoms with Gasteiger partial charge in [0.05, 0.1) is 0 Å². The average molecular weight is 169 g/mol. The second-order valence-corrected chi connectivity index (χ2v) is 4.42. The Morgan fingerprint density at radius 1 is 1.25 bits per heavy atom. The summed E-state index contributed by atoms with van der Waals surface area (Å²) in [6.45, 7) is 9.52. The minimum atomic E-state index is 0.241. The number of carbonyl (C=O) groups is 1. The molecule has 1 aliphatic heterocycles. The van der Waals surface area contributed by atoms with Gasteiger partial charge in [0.25, 0.3) is 0 Å². The van der Waals surface area contributed by atoms with Gasteiger partial charge in [0, 0.05) is 12.5 Å². The fraction of sp³-hybridized carbons (Fsp3) is 0.900. The number of carbonyl (C=O) groups excluding carboxylic acids is 1. The van der Waals surface area contributed by atoms with Crippen LogP contribution >= 0.6 is 0 Å². The maximum atomic E-state index is 11.4. The number of hydrogen-bond acceptors (Lipinski definition) is 1. The van der Waals surface area contributed by atoms with Crippen molar-refractivity contribution in [3.8, 4) is 0 Å². The molecule has 1 aliphatic rings. The van der Waals surface area contributed by atoms with Gasteiger partial charge >= 0.3 is 0 Å². The maximum Gasteiger partial charge on any atom is 0.223 e. The Morgan fingerprint density at radius 3 is 2.17 bits per heavy atom. The maximum absolute atomic E-state index is 11.4. The Labute approximate surface area is 74.7 Å². The molecule has 1 heterocycles. The van der Waals surface area contributed by atoms with Crippen LogP contribution in [0, 0.1) is 23.7 Å². The third kappa shape index (κ3) is 1.62. The third-order valence-corrected chi connectivity index (χ3v) is 2.85. The van der Waals surface area contributed by atoms with E-state index in [2.05, 4.69) is 33.0 Å². The molecule has 2 nitrogen and oxygen atoms in total. The highest BCUT2D eigenvalue weighted by molar-refractivity contribution is 5.81. The van der Waals surface area contributed by atoms with E-state index in [0.717, 1.165) is 6.54 Å². The third-order valence-electron chi connectivity index (χ3n) is 2.85. The number of rotatable bonds is 2. The van der Waals surface area contributed by atoms with Crippen LogP contribution in [0.4, 0.5) is 0 Å². The summed E-state index contributed by atoms with van der Waals surface area (Å²) in [6.07, 6.45) is 0. The zero-order valence-electron chi connectivity index (χ0n) is 8.42. The summed E-state index contributed by atoms with van der Waals surface area (Å²) >= 11 is 0. The lowest BCUT2D eigenvalue weighted by molar-refractivity contribution is -0.124. The fourth-order valence-electron chi connectivity index (χ4n) is 2.11. The van der Waals surface area contributed by atoms with Gasteiger partial charge in [-0.15, -0.1) is 0 Å².